The number of hydrogen-bond donors (Lipinski definition) is 1. The van der Waals surface area contributed by atoms with Gasteiger partial charge in [0.2, 0.25) is 0 Å². The Labute approximate surface area is 110 Å². The zero-order valence-electron chi connectivity index (χ0n) is 11.2. The van der Waals surface area contributed by atoms with Crippen molar-refractivity contribution in [1.29, 1.82) is 0 Å². The van der Waals surface area contributed by atoms with E-state index in [4.69, 9.17) is 4.74 Å². The monoisotopic (exact) mass is 245 g/mol. The Morgan fingerprint density at radius 2 is 1.94 bits per heavy atom. The molecule has 1 unspecified atom stereocenters. The van der Waals surface area contributed by atoms with Gasteiger partial charge in [-0.05, 0) is 30.9 Å². The second kappa shape index (κ2) is 5.02. The molecule has 3 rings (SSSR count). The van der Waals surface area contributed by atoms with Gasteiger partial charge in [-0.15, -0.1) is 0 Å². The third kappa shape index (κ3) is 2.32. The first-order valence-electron chi connectivity index (χ1n) is 7.23. The van der Waals surface area contributed by atoms with Crippen LogP contribution in [-0.4, -0.2) is 18.7 Å². The minimum Gasteiger partial charge on any atom is -0.364 e. The first-order valence-corrected chi connectivity index (χ1v) is 7.23. The van der Waals surface area contributed by atoms with E-state index in [1.54, 1.807) is 0 Å². The molecule has 1 N–H and O–H groups in total. The van der Waals surface area contributed by atoms with E-state index in [-0.39, 0.29) is 11.7 Å². The molecule has 1 aliphatic heterocycles. The van der Waals surface area contributed by atoms with Gasteiger partial charge >= 0.3 is 0 Å². The third-order valence-corrected chi connectivity index (χ3v) is 4.47. The van der Waals surface area contributed by atoms with Gasteiger partial charge in [0.15, 0.2) is 0 Å². The summed E-state index contributed by atoms with van der Waals surface area (Å²) in [6.45, 7) is 4.17. The summed E-state index contributed by atoms with van der Waals surface area (Å²) < 4.78 is 6.52. The lowest BCUT2D eigenvalue weighted by Crippen LogP contribution is -2.51. The Hall–Kier alpha value is -0.860. The highest BCUT2D eigenvalue weighted by Gasteiger charge is 2.38. The first kappa shape index (κ1) is 12.2. The van der Waals surface area contributed by atoms with Crippen LogP contribution in [0.2, 0.25) is 0 Å². The van der Waals surface area contributed by atoms with Gasteiger partial charge < -0.3 is 10.1 Å². The van der Waals surface area contributed by atoms with Crippen LogP contribution in [0.1, 0.15) is 49.3 Å². The molecule has 2 nitrogen and oxygen atoms in total. The molecule has 1 aliphatic carbocycles. The third-order valence-electron chi connectivity index (χ3n) is 4.47. The Morgan fingerprint density at radius 3 is 2.72 bits per heavy atom. The molecule has 1 spiro atoms. The summed E-state index contributed by atoms with van der Waals surface area (Å²) in [6.07, 6.45) is 6.70. The number of morpholine rings is 1. The largest absolute Gasteiger partial charge is 0.364 e. The number of hydrogen-bond acceptors (Lipinski definition) is 2. The number of benzene rings is 1. The van der Waals surface area contributed by atoms with E-state index in [1.807, 2.05) is 0 Å². The fourth-order valence-electron chi connectivity index (χ4n) is 3.43. The predicted molar refractivity (Wildman–Crippen MR) is 73.7 cm³/mol. The highest BCUT2D eigenvalue weighted by atomic mass is 16.5. The Morgan fingerprint density at radius 1 is 1.17 bits per heavy atom. The lowest BCUT2D eigenvalue weighted by molar-refractivity contribution is -0.136. The molecule has 2 aliphatic rings. The minimum atomic E-state index is 0.115. The first-order chi connectivity index (χ1) is 8.79. The maximum Gasteiger partial charge on any atom is 0.0959 e. The lowest BCUT2D eigenvalue weighted by Gasteiger charge is -2.44. The van der Waals surface area contributed by atoms with Gasteiger partial charge in [-0.25, -0.2) is 0 Å². The predicted octanol–water partition coefficient (Wildman–Crippen LogP) is 3.36. The SMILES string of the molecule is Cc1ccccc1C1CNCC2(CCCCC2)O1. The molecule has 2 fully saturated rings. The van der Waals surface area contributed by atoms with Gasteiger partial charge in [-0.3, -0.25) is 0 Å². The van der Waals surface area contributed by atoms with Gasteiger partial charge in [-0.1, -0.05) is 43.5 Å². The standard InChI is InChI=1S/C16H23NO/c1-13-7-3-4-8-14(13)15-11-17-12-16(18-15)9-5-2-6-10-16/h3-4,7-8,15,17H,2,5-6,9-12H2,1H3. The van der Waals surface area contributed by atoms with Gasteiger partial charge in [0.05, 0.1) is 11.7 Å². The van der Waals surface area contributed by atoms with Crippen LogP contribution in [0.15, 0.2) is 24.3 Å². The topological polar surface area (TPSA) is 21.3 Å². The number of ether oxygens (including phenoxy) is 1. The van der Waals surface area contributed by atoms with Gasteiger partial charge in [0.25, 0.3) is 0 Å². The van der Waals surface area contributed by atoms with Crippen molar-refractivity contribution in [2.75, 3.05) is 13.1 Å². The van der Waals surface area contributed by atoms with Crippen molar-refractivity contribution in [3.8, 4) is 0 Å². The molecule has 2 heteroatoms. The average molecular weight is 245 g/mol. The molecule has 98 valence electrons. The van der Waals surface area contributed by atoms with Crippen molar-refractivity contribution in [2.45, 2.75) is 50.7 Å². The molecule has 0 aromatic heterocycles. The van der Waals surface area contributed by atoms with Crippen molar-refractivity contribution in [3.63, 3.8) is 0 Å². The summed E-state index contributed by atoms with van der Waals surface area (Å²) in [5.74, 6) is 0. The van der Waals surface area contributed by atoms with E-state index in [0.29, 0.717) is 0 Å². The fourth-order valence-corrected chi connectivity index (χ4v) is 3.43. The second-order valence-electron chi connectivity index (χ2n) is 5.84. The van der Waals surface area contributed by atoms with E-state index < -0.39 is 0 Å². The van der Waals surface area contributed by atoms with E-state index in [1.165, 1.54) is 43.2 Å². The van der Waals surface area contributed by atoms with Crippen LogP contribution in [0, 0.1) is 6.92 Å². The molecule has 1 aromatic rings. The number of aryl methyl sites for hydroxylation is 1. The van der Waals surface area contributed by atoms with Crippen molar-refractivity contribution in [2.24, 2.45) is 0 Å². The molecule has 0 amide bonds. The second-order valence-corrected chi connectivity index (χ2v) is 5.84. The molecular weight excluding hydrogens is 222 g/mol. The van der Waals surface area contributed by atoms with Crippen LogP contribution in [0.4, 0.5) is 0 Å². The van der Waals surface area contributed by atoms with Crippen molar-refractivity contribution in [1.82, 2.24) is 5.32 Å². The Bertz CT molecular complexity index is 404. The number of nitrogens with one attached hydrogen (secondary N) is 1. The smallest absolute Gasteiger partial charge is 0.0959 e. The Kier molecular flexibility index (Phi) is 3.40. The maximum absolute atomic E-state index is 6.52. The molecule has 0 bridgehead atoms. The molecular formula is C16H23NO. The summed E-state index contributed by atoms with van der Waals surface area (Å²) in [6, 6.07) is 8.61. The fraction of sp³-hybridized carbons (Fsp3) is 0.625. The minimum absolute atomic E-state index is 0.115. The van der Waals surface area contributed by atoms with Crippen molar-refractivity contribution >= 4 is 0 Å². The highest BCUT2D eigenvalue weighted by molar-refractivity contribution is 5.28. The van der Waals surface area contributed by atoms with Crippen molar-refractivity contribution < 1.29 is 4.74 Å². The lowest BCUT2D eigenvalue weighted by atomic mass is 9.83. The molecule has 1 atom stereocenters. The molecule has 1 saturated heterocycles. The summed E-state index contributed by atoms with van der Waals surface area (Å²) in [5, 5.41) is 3.60. The summed E-state index contributed by atoms with van der Waals surface area (Å²) in [4.78, 5) is 0. The van der Waals surface area contributed by atoms with Crippen LogP contribution in [-0.2, 0) is 4.74 Å². The van der Waals surface area contributed by atoms with Crippen LogP contribution in [0.25, 0.3) is 0 Å². The van der Waals surface area contributed by atoms with Crippen LogP contribution in [0.5, 0.6) is 0 Å². The molecule has 1 saturated carbocycles. The summed E-state index contributed by atoms with van der Waals surface area (Å²) >= 11 is 0. The normalized spacial score (nSPS) is 27.3. The average Bonchev–Trinajstić information content (AvgIpc) is 2.40. The van der Waals surface area contributed by atoms with E-state index in [2.05, 4.69) is 36.5 Å². The van der Waals surface area contributed by atoms with Crippen LogP contribution < -0.4 is 5.32 Å². The molecule has 1 aromatic carbocycles. The Balaban J connectivity index is 1.80. The van der Waals surface area contributed by atoms with Crippen LogP contribution >= 0.6 is 0 Å². The summed E-state index contributed by atoms with van der Waals surface area (Å²) in [5.41, 5.74) is 2.82. The van der Waals surface area contributed by atoms with Gasteiger partial charge in [0, 0.05) is 13.1 Å². The maximum atomic E-state index is 6.52. The van der Waals surface area contributed by atoms with Gasteiger partial charge in [-0.2, -0.15) is 0 Å². The molecule has 1 heterocycles. The van der Waals surface area contributed by atoms with Crippen LogP contribution in [0.3, 0.4) is 0 Å². The quantitative estimate of drug-likeness (QED) is 0.819. The highest BCUT2D eigenvalue weighted by Crippen LogP contribution is 2.38. The van der Waals surface area contributed by atoms with Crippen molar-refractivity contribution in [3.05, 3.63) is 35.4 Å². The molecule has 0 radical (unpaired) electrons. The number of rotatable bonds is 1. The summed E-state index contributed by atoms with van der Waals surface area (Å²) in [7, 11) is 0. The zero-order chi connectivity index (χ0) is 12.4. The van der Waals surface area contributed by atoms with E-state index in [9.17, 15) is 0 Å². The molecule has 18 heavy (non-hydrogen) atoms. The van der Waals surface area contributed by atoms with E-state index >= 15 is 0 Å². The van der Waals surface area contributed by atoms with Gasteiger partial charge in [0.1, 0.15) is 0 Å². The zero-order valence-corrected chi connectivity index (χ0v) is 11.2. The van der Waals surface area contributed by atoms with E-state index in [0.717, 1.165) is 13.1 Å².